The molecule has 2 aromatic heterocycles. The molecule has 2 rings (SSSR count). The first-order chi connectivity index (χ1) is 8.06. The maximum atomic E-state index is 12.0. The molecular formula is C8H10ClN3O3S2. The van der Waals surface area contributed by atoms with Gasteiger partial charge in [0.2, 0.25) is 0 Å². The van der Waals surface area contributed by atoms with Crippen molar-refractivity contribution in [1.82, 2.24) is 14.1 Å². The number of hydrogen-bond acceptors (Lipinski definition) is 5. The fourth-order valence-electron chi connectivity index (χ4n) is 1.33. The molecule has 0 spiro atoms. The fourth-order valence-corrected chi connectivity index (χ4v) is 3.79. The summed E-state index contributed by atoms with van der Waals surface area (Å²) in [4.78, 5) is 4.51. The Morgan fingerprint density at radius 1 is 1.65 bits per heavy atom. The first-order valence-electron chi connectivity index (χ1n) is 4.66. The second kappa shape index (κ2) is 4.91. The van der Waals surface area contributed by atoms with E-state index in [2.05, 4.69) is 9.71 Å². The maximum Gasteiger partial charge on any atom is 0.259 e. The third-order valence-corrected chi connectivity index (χ3v) is 4.65. The molecule has 0 saturated heterocycles. The van der Waals surface area contributed by atoms with E-state index in [-0.39, 0.29) is 16.7 Å². The number of aromatic nitrogens is 2. The van der Waals surface area contributed by atoms with Crippen molar-refractivity contribution in [2.24, 2.45) is 0 Å². The number of nitrogens with zero attached hydrogens (tertiary/aromatic N) is 2. The lowest BCUT2D eigenvalue weighted by Crippen LogP contribution is -2.28. The highest BCUT2D eigenvalue weighted by Gasteiger charge is 2.24. The van der Waals surface area contributed by atoms with Crippen molar-refractivity contribution >= 4 is 37.9 Å². The number of ether oxygens (including phenoxy) is 1. The molecule has 94 valence electrons. The summed E-state index contributed by atoms with van der Waals surface area (Å²) in [6.45, 7) is 0.481. The average Bonchev–Trinajstić information content (AvgIpc) is 2.76. The molecule has 1 N–H and O–H groups in total. The number of methoxy groups -OCH3 is 1. The van der Waals surface area contributed by atoms with Crippen molar-refractivity contribution in [2.45, 2.75) is 5.03 Å². The molecule has 0 fully saturated rings. The van der Waals surface area contributed by atoms with Crippen LogP contribution in [0.2, 0.25) is 5.15 Å². The molecule has 0 bridgehead atoms. The van der Waals surface area contributed by atoms with Gasteiger partial charge in [-0.25, -0.2) is 18.1 Å². The average molecular weight is 296 g/mol. The minimum Gasteiger partial charge on any atom is -0.383 e. The van der Waals surface area contributed by atoms with Crippen molar-refractivity contribution in [3.05, 3.63) is 16.7 Å². The summed E-state index contributed by atoms with van der Waals surface area (Å²) in [5.74, 6) is 0. The second-order valence-electron chi connectivity index (χ2n) is 3.15. The lowest BCUT2D eigenvalue weighted by molar-refractivity contribution is 0.204. The summed E-state index contributed by atoms with van der Waals surface area (Å²) in [5.41, 5.74) is 0. The van der Waals surface area contributed by atoms with Crippen LogP contribution in [0.4, 0.5) is 0 Å². The third-order valence-electron chi connectivity index (χ3n) is 2.03. The van der Waals surface area contributed by atoms with Gasteiger partial charge in [-0.05, 0) is 0 Å². The third kappa shape index (κ3) is 2.45. The van der Waals surface area contributed by atoms with Crippen LogP contribution in [-0.4, -0.2) is 38.1 Å². The van der Waals surface area contributed by atoms with Gasteiger partial charge in [0, 0.05) is 25.2 Å². The summed E-state index contributed by atoms with van der Waals surface area (Å²) >= 11 is 7.15. The second-order valence-corrected chi connectivity index (χ2v) is 6.07. The standard InChI is InChI=1S/C8H10ClN3O3S2/c1-15-4-2-10-17(13,14)7-6(9)11-8-12(7)3-5-16-8/h3,5,10H,2,4H2,1H3. The SMILES string of the molecule is COCCNS(=O)(=O)c1c(Cl)nc2sccn12. The highest BCUT2D eigenvalue weighted by Crippen LogP contribution is 2.24. The molecule has 0 aliphatic carbocycles. The lowest BCUT2D eigenvalue weighted by Gasteiger charge is -2.05. The molecule has 0 saturated carbocycles. The van der Waals surface area contributed by atoms with Gasteiger partial charge in [-0.3, -0.25) is 4.40 Å². The molecule has 0 aliphatic heterocycles. The first-order valence-corrected chi connectivity index (χ1v) is 7.40. The monoisotopic (exact) mass is 295 g/mol. The van der Waals surface area contributed by atoms with E-state index in [1.54, 1.807) is 11.6 Å². The highest BCUT2D eigenvalue weighted by atomic mass is 35.5. The molecule has 17 heavy (non-hydrogen) atoms. The topological polar surface area (TPSA) is 72.7 Å². The number of thiazole rings is 1. The Hall–Kier alpha value is -0.670. The highest BCUT2D eigenvalue weighted by molar-refractivity contribution is 7.89. The van der Waals surface area contributed by atoms with Crippen LogP contribution >= 0.6 is 22.9 Å². The zero-order chi connectivity index (χ0) is 12.5. The van der Waals surface area contributed by atoms with Gasteiger partial charge >= 0.3 is 0 Å². The van der Waals surface area contributed by atoms with Gasteiger partial charge in [0.1, 0.15) is 0 Å². The molecule has 0 radical (unpaired) electrons. The van der Waals surface area contributed by atoms with E-state index < -0.39 is 10.0 Å². The summed E-state index contributed by atoms with van der Waals surface area (Å²) < 4.78 is 32.6. The van der Waals surface area contributed by atoms with Crippen LogP contribution in [0.1, 0.15) is 0 Å². The Labute approximate surface area is 107 Å². The van der Waals surface area contributed by atoms with Crippen molar-refractivity contribution in [1.29, 1.82) is 0 Å². The Kier molecular flexibility index (Phi) is 3.69. The molecule has 0 unspecified atom stereocenters. The van der Waals surface area contributed by atoms with Gasteiger partial charge in [-0.15, -0.1) is 11.3 Å². The van der Waals surface area contributed by atoms with Crippen LogP contribution in [0.15, 0.2) is 16.6 Å². The molecule has 2 heterocycles. The molecule has 0 aromatic carbocycles. The van der Waals surface area contributed by atoms with E-state index in [1.807, 2.05) is 0 Å². The van der Waals surface area contributed by atoms with E-state index in [0.717, 1.165) is 0 Å². The zero-order valence-electron chi connectivity index (χ0n) is 8.88. The van der Waals surface area contributed by atoms with Gasteiger partial charge in [0.15, 0.2) is 15.1 Å². The number of imidazole rings is 1. The minimum atomic E-state index is -3.67. The predicted molar refractivity (Wildman–Crippen MR) is 65.1 cm³/mol. The first kappa shape index (κ1) is 12.8. The van der Waals surface area contributed by atoms with E-state index in [0.29, 0.717) is 11.6 Å². The number of halogens is 1. The normalized spacial score (nSPS) is 12.4. The summed E-state index contributed by atoms with van der Waals surface area (Å²) in [6.07, 6.45) is 1.61. The van der Waals surface area contributed by atoms with Crippen molar-refractivity contribution in [3.63, 3.8) is 0 Å². The van der Waals surface area contributed by atoms with Gasteiger partial charge in [-0.2, -0.15) is 0 Å². The van der Waals surface area contributed by atoms with Crippen LogP contribution in [0.3, 0.4) is 0 Å². The van der Waals surface area contributed by atoms with Crippen LogP contribution in [-0.2, 0) is 14.8 Å². The number of fused-ring (bicyclic) bond motifs is 1. The number of sulfonamides is 1. The Morgan fingerprint density at radius 2 is 2.41 bits per heavy atom. The molecule has 6 nitrogen and oxygen atoms in total. The van der Waals surface area contributed by atoms with Crippen molar-refractivity contribution in [2.75, 3.05) is 20.3 Å². The van der Waals surface area contributed by atoms with Gasteiger partial charge in [0.25, 0.3) is 10.0 Å². The van der Waals surface area contributed by atoms with Gasteiger partial charge in [-0.1, -0.05) is 11.6 Å². The molecule has 9 heteroatoms. The van der Waals surface area contributed by atoms with Gasteiger partial charge in [0.05, 0.1) is 6.61 Å². The van der Waals surface area contributed by atoms with Crippen LogP contribution in [0.5, 0.6) is 0 Å². The quantitative estimate of drug-likeness (QED) is 0.835. The summed E-state index contributed by atoms with van der Waals surface area (Å²) in [5, 5.41) is 1.68. The molecule has 0 aliphatic rings. The fraction of sp³-hybridized carbons (Fsp3) is 0.375. The Morgan fingerprint density at radius 3 is 3.12 bits per heavy atom. The molecular weight excluding hydrogens is 286 g/mol. The number of hydrogen-bond donors (Lipinski definition) is 1. The van der Waals surface area contributed by atoms with Crippen LogP contribution in [0.25, 0.3) is 4.96 Å². The summed E-state index contributed by atoms with van der Waals surface area (Å²) in [6, 6.07) is 0. The van der Waals surface area contributed by atoms with Crippen LogP contribution < -0.4 is 4.72 Å². The molecule has 0 amide bonds. The molecule has 0 atom stereocenters. The van der Waals surface area contributed by atoms with Gasteiger partial charge < -0.3 is 4.74 Å². The maximum absolute atomic E-state index is 12.0. The van der Waals surface area contributed by atoms with E-state index in [1.165, 1.54) is 22.8 Å². The number of rotatable bonds is 5. The van der Waals surface area contributed by atoms with Crippen molar-refractivity contribution in [3.8, 4) is 0 Å². The Bertz CT molecular complexity index is 619. The van der Waals surface area contributed by atoms with Crippen molar-refractivity contribution < 1.29 is 13.2 Å². The summed E-state index contributed by atoms with van der Waals surface area (Å²) in [7, 11) is -2.17. The predicted octanol–water partition coefficient (Wildman–Crippen LogP) is 0.974. The smallest absolute Gasteiger partial charge is 0.259 e. The Balaban J connectivity index is 2.37. The molecule has 2 aromatic rings. The lowest BCUT2D eigenvalue weighted by atomic mass is 10.7. The van der Waals surface area contributed by atoms with Crippen LogP contribution in [0, 0.1) is 0 Å². The minimum absolute atomic E-state index is 0.0261. The zero-order valence-corrected chi connectivity index (χ0v) is 11.3. The number of nitrogens with one attached hydrogen (secondary N) is 1. The largest absolute Gasteiger partial charge is 0.383 e. The van der Waals surface area contributed by atoms with E-state index in [4.69, 9.17) is 16.3 Å². The van der Waals surface area contributed by atoms with E-state index in [9.17, 15) is 8.42 Å². The van der Waals surface area contributed by atoms with E-state index >= 15 is 0 Å².